The van der Waals surface area contributed by atoms with Crippen molar-refractivity contribution in [3.63, 3.8) is 0 Å². The molecule has 1 unspecified atom stereocenters. The van der Waals surface area contributed by atoms with Crippen molar-refractivity contribution in [2.75, 3.05) is 6.54 Å². The summed E-state index contributed by atoms with van der Waals surface area (Å²) < 4.78 is 0. The lowest BCUT2D eigenvalue weighted by molar-refractivity contribution is -0.138. The predicted octanol–water partition coefficient (Wildman–Crippen LogP) is 0.128. The molecule has 1 atom stereocenters. The van der Waals surface area contributed by atoms with Gasteiger partial charge in [0, 0.05) is 13.0 Å². The number of aliphatic carboxylic acids is 1. The van der Waals surface area contributed by atoms with Crippen molar-refractivity contribution in [1.29, 1.82) is 0 Å². The SMILES string of the molecule is CC(=O)NCC(=O)NC(CC(=O)O)CC(C)C. The molecule has 0 aromatic carbocycles. The molecule has 6 heteroatoms. The Labute approximate surface area is 101 Å². The fourth-order valence-corrected chi connectivity index (χ4v) is 1.46. The molecule has 98 valence electrons. The van der Waals surface area contributed by atoms with Crippen LogP contribution < -0.4 is 10.6 Å². The Bertz CT molecular complexity index is 289. The lowest BCUT2D eigenvalue weighted by atomic mass is 10.0. The average Bonchev–Trinajstić information content (AvgIpc) is 2.12. The Morgan fingerprint density at radius 3 is 2.24 bits per heavy atom. The third kappa shape index (κ3) is 9.35. The van der Waals surface area contributed by atoms with Crippen LogP contribution in [0.5, 0.6) is 0 Å². The summed E-state index contributed by atoms with van der Waals surface area (Å²) in [6.45, 7) is 5.10. The number of carbonyl (C=O) groups is 3. The Balaban J connectivity index is 4.16. The third-order valence-electron chi connectivity index (χ3n) is 2.04. The van der Waals surface area contributed by atoms with E-state index in [1.54, 1.807) is 0 Å². The van der Waals surface area contributed by atoms with E-state index in [-0.39, 0.29) is 24.8 Å². The molecule has 3 N–H and O–H groups in total. The molecular formula is C11H20N2O4. The van der Waals surface area contributed by atoms with Crippen molar-refractivity contribution < 1.29 is 19.5 Å². The molecule has 0 aromatic heterocycles. The molecule has 0 fully saturated rings. The first-order chi connectivity index (χ1) is 7.81. The van der Waals surface area contributed by atoms with E-state index in [1.165, 1.54) is 6.92 Å². The minimum absolute atomic E-state index is 0.107. The van der Waals surface area contributed by atoms with Crippen LogP contribution in [0.1, 0.15) is 33.6 Å². The maximum atomic E-state index is 11.4. The predicted molar refractivity (Wildman–Crippen MR) is 62.3 cm³/mol. The number of amides is 2. The summed E-state index contributed by atoms with van der Waals surface area (Å²) >= 11 is 0. The molecular weight excluding hydrogens is 224 g/mol. The molecule has 0 bridgehead atoms. The van der Waals surface area contributed by atoms with E-state index >= 15 is 0 Å². The first-order valence-electron chi connectivity index (χ1n) is 5.56. The van der Waals surface area contributed by atoms with E-state index in [0.29, 0.717) is 12.3 Å². The summed E-state index contributed by atoms with van der Waals surface area (Å²) in [4.78, 5) is 32.6. The van der Waals surface area contributed by atoms with Gasteiger partial charge in [0.1, 0.15) is 0 Å². The molecule has 0 heterocycles. The van der Waals surface area contributed by atoms with E-state index in [1.807, 2.05) is 13.8 Å². The van der Waals surface area contributed by atoms with Crippen LogP contribution in [-0.2, 0) is 14.4 Å². The molecule has 6 nitrogen and oxygen atoms in total. The van der Waals surface area contributed by atoms with Gasteiger partial charge in [0.05, 0.1) is 13.0 Å². The van der Waals surface area contributed by atoms with E-state index in [4.69, 9.17) is 5.11 Å². The first kappa shape index (κ1) is 15.4. The molecule has 0 aliphatic rings. The topological polar surface area (TPSA) is 95.5 Å². The molecule has 0 saturated heterocycles. The van der Waals surface area contributed by atoms with E-state index in [0.717, 1.165) is 0 Å². The van der Waals surface area contributed by atoms with Gasteiger partial charge < -0.3 is 15.7 Å². The second-order valence-corrected chi connectivity index (χ2v) is 4.40. The molecule has 0 saturated carbocycles. The fourth-order valence-electron chi connectivity index (χ4n) is 1.46. The maximum absolute atomic E-state index is 11.4. The quantitative estimate of drug-likeness (QED) is 0.593. The Hall–Kier alpha value is -1.59. The van der Waals surface area contributed by atoms with Gasteiger partial charge in [0.25, 0.3) is 0 Å². The molecule has 0 radical (unpaired) electrons. The maximum Gasteiger partial charge on any atom is 0.305 e. The zero-order valence-electron chi connectivity index (χ0n) is 10.4. The standard InChI is InChI=1S/C11H20N2O4/c1-7(2)4-9(5-11(16)17)13-10(15)6-12-8(3)14/h7,9H,4-6H2,1-3H3,(H,12,14)(H,13,15)(H,16,17). The van der Waals surface area contributed by atoms with E-state index in [2.05, 4.69) is 10.6 Å². The van der Waals surface area contributed by atoms with Crippen LogP contribution in [0.25, 0.3) is 0 Å². The lowest BCUT2D eigenvalue weighted by Gasteiger charge is -2.18. The van der Waals surface area contributed by atoms with Gasteiger partial charge in [0.2, 0.25) is 11.8 Å². The van der Waals surface area contributed by atoms with Crippen molar-refractivity contribution in [2.45, 2.75) is 39.7 Å². The smallest absolute Gasteiger partial charge is 0.305 e. The van der Waals surface area contributed by atoms with Crippen molar-refractivity contribution >= 4 is 17.8 Å². The van der Waals surface area contributed by atoms with Crippen molar-refractivity contribution in [3.8, 4) is 0 Å². The van der Waals surface area contributed by atoms with Crippen LogP contribution in [-0.4, -0.2) is 35.5 Å². The number of carbonyl (C=O) groups excluding carboxylic acids is 2. The van der Waals surface area contributed by atoms with E-state index < -0.39 is 12.0 Å². The lowest BCUT2D eigenvalue weighted by Crippen LogP contribution is -2.42. The highest BCUT2D eigenvalue weighted by Gasteiger charge is 2.17. The monoisotopic (exact) mass is 244 g/mol. The van der Waals surface area contributed by atoms with Gasteiger partial charge in [-0.3, -0.25) is 14.4 Å². The van der Waals surface area contributed by atoms with Gasteiger partial charge in [-0.25, -0.2) is 0 Å². The zero-order valence-corrected chi connectivity index (χ0v) is 10.4. The summed E-state index contributed by atoms with van der Waals surface area (Å²) in [6.07, 6.45) is 0.488. The molecule has 2 amide bonds. The largest absolute Gasteiger partial charge is 0.481 e. The second kappa shape index (κ2) is 7.65. The summed E-state index contributed by atoms with van der Waals surface area (Å²) in [6, 6.07) is -0.395. The summed E-state index contributed by atoms with van der Waals surface area (Å²) in [5, 5.41) is 13.7. The van der Waals surface area contributed by atoms with Crippen LogP contribution in [0.3, 0.4) is 0 Å². The van der Waals surface area contributed by atoms with Gasteiger partial charge in [-0.05, 0) is 12.3 Å². The third-order valence-corrected chi connectivity index (χ3v) is 2.04. The van der Waals surface area contributed by atoms with Crippen LogP contribution in [0.15, 0.2) is 0 Å². The van der Waals surface area contributed by atoms with Crippen molar-refractivity contribution in [1.82, 2.24) is 10.6 Å². The highest BCUT2D eigenvalue weighted by atomic mass is 16.4. The fraction of sp³-hybridized carbons (Fsp3) is 0.727. The van der Waals surface area contributed by atoms with Crippen LogP contribution in [0, 0.1) is 5.92 Å². The van der Waals surface area contributed by atoms with Crippen LogP contribution in [0.4, 0.5) is 0 Å². The number of rotatable bonds is 7. The summed E-state index contributed by atoms with van der Waals surface area (Å²) in [7, 11) is 0. The number of carboxylic acid groups (broad SMARTS) is 1. The van der Waals surface area contributed by atoms with Gasteiger partial charge in [-0.15, -0.1) is 0 Å². The van der Waals surface area contributed by atoms with Crippen LogP contribution >= 0.6 is 0 Å². The van der Waals surface area contributed by atoms with Gasteiger partial charge in [-0.1, -0.05) is 13.8 Å². The van der Waals surface area contributed by atoms with Gasteiger partial charge in [0.15, 0.2) is 0 Å². The Morgan fingerprint density at radius 2 is 1.82 bits per heavy atom. The number of hydrogen-bond donors (Lipinski definition) is 3. The number of nitrogens with one attached hydrogen (secondary N) is 2. The number of hydrogen-bond acceptors (Lipinski definition) is 3. The van der Waals surface area contributed by atoms with Crippen molar-refractivity contribution in [3.05, 3.63) is 0 Å². The molecule has 0 aromatic rings. The summed E-state index contributed by atoms with van der Waals surface area (Å²) in [5.41, 5.74) is 0. The highest BCUT2D eigenvalue weighted by molar-refractivity contribution is 5.84. The highest BCUT2D eigenvalue weighted by Crippen LogP contribution is 2.07. The second-order valence-electron chi connectivity index (χ2n) is 4.40. The molecule has 17 heavy (non-hydrogen) atoms. The zero-order chi connectivity index (χ0) is 13.4. The van der Waals surface area contributed by atoms with Gasteiger partial charge >= 0.3 is 5.97 Å². The van der Waals surface area contributed by atoms with Crippen molar-refractivity contribution in [2.24, 2.45) is 5.92 Å². The summed E-state index contributed by atoms with van der Waals surface area (Å²) in [5.74, 6) is -1.32. The van der Waals surface area contributed by atoms with Gasteiger partial charge in [-0.2, -0.15) is 0 Å². The minimum Gasteiger partial charge on any atom is -0.481 e. The minimum atomic E-state index is -0.949. The van der Waals surface area contributed by atoms with E-state index in [9.17, 15) is 14.4 Å². The number of carboxylic acids is 1. The molecule has 0 aliphatic heterocycles. The molecule has 0 spiro atoms. The Kier molecular flexibility index (Phi) is 6.93. The average molecular weight is 244 g/mol. The normalized spacial score (nSPS) is 12.0. The van der Waals surface area contributed by atoms with Crippen LogP contribution in [0.2, 0.25) is 0 Å². The molecule has 0 aliphatic carbocycles. The molecule has 0 rings (SSSR count). The Morgan fingerprint density at radius 1 is 1.24 bits per heavy atom. The first-order valence-corrected chi connectivity index (χ1v) is 5.56.